The van der Waals surface area contributed by atoms with Crippen LogP contribution in [-0.2, 0) is 10.0 Å². The van der Waals surface area contributed by atoms with Crippen LogP contribution in [0.5, 0.6) is 0 Å². The summed E-state index contributed by atoms with van der Waals surface area (Å²) in [5, 5.41) is 9.23. The predicted octanol–water partition coefficient (Wildman–Crippen LogP) is 2.74. The van der Waals surface area contributed by atoms with Gasteiger partial charge in [-0.3, -0.25) is 0 Å². The van der Waals surface area contributed by atoms with Crippen LogP contribution in [0, 0.1) is 5.92 Å². The molecule has 8 heteroatoms. The maximum absolute atomic E-state index is 12.1. The minimum Gasteiger partial charge on any atom is -0.395 e. The molecule has 18 heavy (non-hydrogen) atoms. The van der Waals surface area contributed by atoms with Gasteiger partial charge in [-0.1, -0.05) is 43.5 Å². The average molecular weight is 332 g/mol. The van der Waals surface area contributed by atoms with Crippen molar-refractivity contribution in [1.29, 1.82) is 0 Å². The Morgan fingerprint density at radius 1 is 1.50 bits per heavy atom. The molecular weight excluding hydrogens is 317 g/mol. The van der Waals surface area contributed by atoms with Crippen LogP contribution in [-0.4, -0.2) is 26.2 Å². The third kappa shape index (κ3) is 3.82. The van der Waals surface area contributed by atoms with Gasteiger partial charge in [-0.2, -0.15) is 0 Å². The third-order valence-corrected chi connectivity index (χ3v) is 5.99. The predicted molar refractivity (Wildman–Crippen MR) is 75.0 cm³/mol. The van der Waals surface area contributed by atoms with Gasteiger partial charge in [-0.25, -0.2) is 13.1 Å². The highest BCUT2D eigenvalue weighted by Crippen LogP contribution is 2.34. The van der Waals surface area contributed by atoms with E-state index < -0.39 is 16.1 Å². The number of aliphatic hydroxyl groups excluding tert-OH is 1. The molecule has 0 saturated heterocycles. The zero-order valence-corrected chi connectivity index (χ0v) is 13.1. The van der Waals surface area contributed by atoms with Crippen molar-refractivity contribution < 1.29 is 13.5 Å². The molecule has 0 bridgehead atoms. The molecule has 0 aromatic carbocycles. The maximum atomic E-state index is 12.1. The summed E-state index contributed by atoms with van der Waals surface area (Å²) in [7, 11) is -3.75. The molecule has 0 spiro atoms. The topological polar surface area (TPSA) is 66.4 Å². The summed E-state index contributed by atoms with van der Waals surface area (Å²) in [4.78, 5) is -0.0408. The second-order valence-corrected chi connectivity index (χ2v) is 7.95. The lowest BCUT2D eigenvalue weighted by molar-refractivity contribution is 0.219. The van der Waals surface area contributed by atoms with Crippen LogP contribution < -0.4 is 4.72 Å². The molecule has 0 aliphatic carbocycles. The van der Waals surface area contributed by atoms with Crippen LogP contribution in [0.2, 0.25) is 8.67 Å². The monoisotopic (exact) mass is 331 g/mol. The van der Waals surface area contributed by atoms with Crippen molar-refractivity contribution in [2.75, 3.05) is 6.61 Å². The second kappa shape index (κ2) is 6.54. The van der Waals surface area contributed by atoms with Gasteiger partial charge in [-0.05, 0) is 12.0 Å². The summed E-state index contributed by atoms with van der Waals surface area (Å²) in [5.74, 6) is 0.0256. The van der Waals surface area contributed by atoms with Gasteiger partial charge in [0.05, 0.1) is 10.9 Å². The largest absolute Gasteiger partial charge is 0.395 e. The first-order valence-corrected chi connectivity index (χ1v) is 8.45. The molecule has 1 aromatic heterocycles. The van der Waals surface area contributed by atoms with Crippen molar-refractivity contribution in [2.45, 2.75) is 31.2 Å². The molecule has 2 N–H and O–H groups in total. The Bertz CT molecular complexity index is 501. The standard InChI is InChI=1S/C10H15Cl2NO3S2/c1-3-6(2)7(5-14)13-18(15,16)8-4-9(11)17-10(8)12/h4,6-7,13-14H,3,5H2,1-2H3. The smallest absolute Gasteiger partial charge is 0.243 e. The fourth-order valence-corrected chi connectivity index (χ4v) is 4.87. The number of rotatable bonds is 6. The first-order chi connectivity index (χ1) is 8.31. The van der Waals surface area contributed by atoms with Crippen LogP contribution in [0.4, 0.5) is 0 Å². The molecule has 1 rings (SSSR count). The Kier molecular flexibility index (Phi) is 5.89. The van der Waals surface area contributed by atoms with E-state index in [0.29, 0.717) is 4.34 Å². The van der Waals surface area contributed by atoms with Crippen molar-refractivity contribution in [3.8, 4) is 0 Å². The van der Waals surface area contributed by atoms with Crippen LogP contribution in [0.25, 0.3) is 0 Å². The molecule has 0 amide bonds. The zero-order valence-electron chi connectivity index (χ0n) is 9.98. The van der Waals surface area contributed by atoms with E-state index in [1.807, 2.05) is 13.8 Å². The summed E-state index contributed by atoms with van der Waals surface area (Å²) in [6, 6.07) is 0.775. The Morgan fingerprint density at radius 3 is 2.50 bits per heavy atom. The lowest BCUT2D eigenvalue weighted by atomic mass is 10.0. The summed E-state index contributed by atoms with van der Waals surface area (Å²) < 4.78 is 27.1. The number of sulfonamides is 1. The number of thiophene rings is 1. The van der Waals surface area contributed by atoms with E-state index in [2.05, 4.69) is 4.72 Å². The van der Waals surface area contributed by atoms with Crippen LogP contribution in [0.1, 0.15) is 20.3 Å². The van der Waals surface area contributed by atoms with Crippen LogP contribution in [0.15, 0.2) is 11.0 Å². The van der Waals surface area contributed by atoms with Crippen molar-refractivity contribution in [1.82, 2.24) is 4.72 Å². The van der Waals surface area contributed by atoms with E-state index in [0.717, 1.165) is 17.8 Å². The van der Waals surface area contributed by atoms with Crippen molar-refractivity contribution >= 4 is 44.6 Å². The number of nitrogens with one attached hydrogen (secondary N) is 1. The van der Waals surface area contributed by atoms with Gasteiger partial charge in [0.2, 0.25) is 10.0 Å². The quantitative estimate of drug-likeness (QED) is 0.842. The zero-order chi connectivity index (χ0) is 13.9. The third-order valence-electron chi connectivity index (χ3n) is 2.75. The molecule has 0 aliphatic heterocycles. The molecule has 0 aliphatic rings. The summed E-state index contributed by atoms with van der Waals surface area (Å²) >= 11 is 12.5. The Hall–Kier alpha value is 0.150. The molecule has 4 nitrogen and oxygen atoms in total. The molecule has 1 aromatic rings. The Balaban J connectivity index is 2.97. The lowest BCUT2D eigenvalue weighted by Gasteiger charge is -2.21. The highest BCUT2D eigenvalue weighted by molar-refractivity contribution is 7.89. The molecule has 104 valence electrons. The SMILES string of the molecule is CCC(C)C(CO)NS(=O)(=O)c1cc(Cl)sc1Cl. The molecule has 0 fully saturated rings. The Morgan fingerprint density at radius 2 is 2.11 bits per heavy atom. The fraction of sp³-hybridized carbons (Fsp3) is 0.600. The summed E-state index contributed by atoms with van der Waals surface area (Å²) in [5.41, 5.74) is 0. The maximum Gasteiger partial charge on any atom is 0.243 e. The Labute approximate surface area is 121 Å². The second-order valence-electron chi connectivity index (χ2n) is 3.98. The highest BCUT2D eigenvalue weighted by Gasteiger charge is 2.26. The molecule has 2 unspecified atom stereocenters. The van der Waals surface area contributed by atoms with E-state index in [9.17, 15) is 13.5 Å². The fourth-order valence-electron chi connectivity index (χ4n) is 1.39. The average Bonchev–Trinajstić information content (AvgIpc) is 2.65. The molecule has 0 saturated carbocycles. The summed E-state index contributed by atoms with van der Waals surface area (Å²) in [6.07, 6.45) is 0.756. The van der Waals surface area contributed by atoms with Crippen molar-refractivity contribution in [2.24, 2.45) is 5.92 Å². The molecular formula is C10H15Cl2NO3S2. The number of halogens is 2. The normalized spacial score (nSPS) is 15.6. The van der Waals surface area contributed by atoms with Gasteiger partial charge in [0, 0.05) is 6.04 Å². The van der Waals surface area contributed by atoms with E-state index in [1.165, 1.54) is 6.07 Å². The van der Waals surface area contributed by atoms with Gasteiger partial charge < -0.3 is 5.11 Å². The molecule has 0 radical (unpaired) electrons. The van der Waals surface area contributed by atoms with E-state index in [1.54, 1.807) is 0 Å². The first kappa shape index (κ1) is 16.2. The first-order valence-electron chi connectivity index (χ1n) is 5.39. The van der Waals surface area contributed by atoms with Crippen LogP contribution >= 0.6 is 34.5 Å². The molecule has 1 heterocycles. The lowest BCUT2D eigenvalue weighted by Crippen LogP contribution is -2.41. The minimum atomic E-state index is -3.75. The van der Waals surface area contributed by atoms with Crippen molar-refractivity contribution in [3.63, 3.8) is 0 Å². The van der Waals surface area contributed by atoms with Crippen LogP contribution in [0.3, 0.4) is 0 Å². The van der Waals surface area contributed by atoms with E-state index in [-0.39, 0.29) is 21.8 Å². The molecule has 2 atom stereocenters. The van der Waals surface area contributed by atoms with Gasteiger partial charge in [0.1, 0.15) is 9.23 Å². The van der Waals surface area contributed by atoms with E-state index in [4.69, 9.17) is 23.2 Å². The van der Waals surface area contributed by atoms with Gasteiger partial charge in [0.15, 0.2) is 0 Å². The number of hydrogen-bond donors (Lipinski definition) is 2. The van der Waals surface area contributed by atoms with Gasteiger partial charge >= 0.3 is 0 Å². The number of hydrogen-bond acceptors (Lipinski definition) is 4. The van der Waals surface area contributed by atoms with Gasteiger partial charge in [0.25, 0.3) is 0 Å². The van der Waals surface area contributed by atoms with Gasteiger partial charge in [-0.15, -0.1) is 11.3 Å². The highest BCUT2D eigenvalue weighted by atomic mass is 35.5. The minimum absolute atomic E-state index is 0.0256. The number of aliphatic hydroxyl groups is 1. The summed E-state index contributed by atoms with van der Waals surface area (Å²) in [6.45, 7) is 3.53. The van der Waals surface area contributed by atoms with Crippen molar-refractivity contribution in [3.05, 3.63) is 14.7 Å². The van der Waals surface area contributed by atoms with E-state index >= 15 is 0 Å².